The predicted octanol–water partition coefficient (Wildman–Crippen LogP) is 5.23. The Labute approximate surface area is 263 Å². The molecule has 232 valence electrons. The first kappa shape index (κ1) is 31.1. The van der Waals surface area contributed by atoms with Gasteiger partial charge in [0.2, 0.25) is 22.1 Å². The Morgan fingerprint density at radius 3 is 1.57 bits per heavy atom. The van der Waals surface area contributed by atoms with Gasteiger partial charge in [-0.2, -0.15) is 0 Å². The molecule has 0 radical (unpaired) electrons. The van der Waals surface area contributed by atoms with Crippen LogP contribution in [0.25, 0.3) is 0 Å². The summed E-state index contributed by atoms with van der Waals surface area (Å²) >= 11 is 2.79. The predicted molar refractivity (Wildman–Crippen MR) is 168 cm³/mol. The van der Waals surface area contributed by atoms with E-state index in [2.05, 4.69) is 31.0 Å². The van der Waals surface area contributed by atoms with Crippen LogP contribution in [0.4, 0.5) is 10.3 Å². The third kappa shape index (κ3) is 7.25. The molecule has 14 heteroatoms. The van der Waals surface area contributed by atoms with Crippen molar-refractivity contribution in [2.75, 3.05) is 39.1 Å². The molecule has 1 aliphatic carbocycles. The molecule has 2 aromatic heterocycles. The number of methoxy groups -OCH3 is 4. The fourth-order valence-electron chi connectivity index (χ4n) is 5.40. The topological polar surface area (TPSA) is 147 Å². The lowest BCUT2D eigenvalue weighted by molar-refractivity contribution is -0.116. The minimum Gasteiger partial charge on any atom is -0.493 e. The van der Waals surface area contributed by atoms with E-state index in [-0.39, 0.29) is 36.5 Å². The van der Waals surface area contributed by atoms with Gasteiger partial charge in [-0.25, -0.2) is 0 Å². The summed E-state index contributed by atoms with van der Waals surface area (Å²) in [5, 5.41) is 25.7. The van der Waals surface area contributed by atoms with E-state index >= 15 is 0 Å². The summed E-state index contributed by atoms with van der Waals surface area (Å²) in [5.74, 6) is 2.17. The number of anilines is 2. The van der Waals surface area contributed by atoms with Crippen LogP contribution in [0.1, 0.15) is 58.7 Å². The van der Waals surface area contributed by atoms with E-state index in [9.17, 15) is 9.59 Å². The molecule has 0 unspecified atom stereocenters. The Morgan fingerprint density at radius 1 is 0.705 bits per heavy atom. The first-order chi connectivity index (χ1) is 21.4. The Hall–Kier alpha value is -4.30. The van der Waals surface area contributed by atoms with Gasteiger partial charge in [-0.3, -0.25) is 9.59 Å². The molecular weight excluding hydrogens is 605 g/mol. The summed E-state index contributed by atoms with van der Waals surface area (Å²) in [6.45, 7) is 0. The molecule has 0 aliphatic heterocycles. The molecular formula is C30H34N6O6S2. The van der Waals surface area contributed by atoms with Gasteiger partial charge in [0, 0.05) is 23.0 Å². The molecule has 12 nitrogen and oxygen atoms in total. The molecule has 0 bridgehead atoms. The van der Waals surface area contributed by atoms with Crippen LogP contribution in [0.15, 0.2) is 36.4 Å². The second-order valence-electron chi connectivity index (χ2n) is 10.2. The molecule has 2 heterocycles. The first-order valence-electron chi connectivity index (χ1n) is 14.1. The Balaban J connectivity index is 1.17. The number of nitrogens with zero attached hydrogens (tertiary/aromatic N) is 4. The van der Waals surface area contributed by atoms with Gasteiger partial charge in [0.1, 0.15) is 10.0 Å². The molecule has 44 heavy (non-hydrogen) atoms. The molecule has 1 aliphatic rings. The summed E-state index contributed by atoms with van der Waals surface area (Å²) in [4.78, 5) is 25.6. The molecule has 5 rings (SSSR count). The van der Waals surface area contributed by atoms with E-state index in [1.54, 1.807) is 40.6 Å². The fraction of sp³-hybridized carbons (Fsp3) is 0.400. The lowest BCUT2D eigenvalue weighted by Gasteiger charge is -2.25. The van der Waals surface area contributed by atoms with Gasteiger partial charge in [0.25, 0.3) is 0 Å². The molecule has 0 saturated heterocycles. The van der Waals surface area contributed by atoms with Gasteiger partial charge in [-0.05, 0) is 31.4 Å². The molecule has 0 spiro atoms. The molecule has 2 atom stereocenters. The van der Waals surface area contributed by atoms with Gasteiger partial charge >= 0.3 is 0 Å². The van der Waals surface area contributed by atoms with Gasteiger partial charge in [-0.1, -0.05) is 53.4 Å². The monoisotopic (exact) mass is 638 g/mol. The van der Waals surface area contributed by atoms with E-state index in [4.69, 9.17) is 18.9 Å². The molecule has 2 aromatic carbocycles. The largest absolute Gasteiger partial charge is 0.493 e. The number of hydrogen-bond donors (Lipinski definition) is 2. The molecule has 2 amide bonds. The van der Waals surface area contributed by atoms with Crippen molar-refractivity contribution in [3.05, 3.63) is 57.5 Å². The summed E-state index contributed by atoms with van der Waals surface area (Å²) in [6, 6.07) is 10.9. The molecule has 2 N–H and O–H groups in total. The molecule has 1 saturated carbocycles. The highest BCUT2D eigenvalue weighted by Gasteiger charge is 2.29. The second-order valence-corrected chi connectivity index (χ2v) is 12.2. The van der Waals surface area contributed by atoms with Crippen LogP contribution in [0.3, 0.4) is 0 Å². The second kappa shape index (κ2) is 14.4. The Morgan fingerprint density at radius 2 is 1.16 bits per heavy atom. The number of benzene rings is 2. The summed E-state index contributed by atoms with van der Waals surface area (Å²) in [6.07, 6.45) is 4.03. The highest BCUT2D eigenvalue weighted by molar-refractivity contribution is 7.15. The Bertz CT molecular complexity index is 1490. The highest BCUT2D eigenvalue weighted by Crippen LogP contribution is 2.43. The number of nitrogens with one attached hydrogen (secondary N) is 2. The van der Waals surface area contributed by atoms with Gasteiger partial charge in [-0.15, -0.1) is 20.4 Å². The standard InChI is InChI=1S/C30H34N6O6S2/c1-39-21-12-6-8-17(25(21)41-3)15-23(37)31-29-35-33-27(43-29)19-10-5-11-20(14-19)28-34-36-30(44-28)32-24(38)16-18-9-7-13-22(40-2)26(18)42-4/h6-9,12-13,19-20H,5,10-11,14-16H2,1-4H3,(H,31,35,37)(H,32,36,38)/t19-,20-/m0/s1. The van der Waals surface area contributed by atoms with E-state index in [1.807, 2.05) is 24.3 Å². The van der Waals surface area contributed by atoms with Crippen molar-refractivity contribution in [2.45, 2.75) is 50.4 Å². The zero-order valence-electron chi connectivity index (χ0n) is 24.9. The van der Waals surface area contributed by atoms with Crippen LogP contribution < -0.4 is 29.6 Å². The van der Waals surface area contributed by atoms with Crippen molar-refractivity contribution in [1.82, 2.24) is 20.4 Å². The number of carbonyl (C=O) groups is 2. The summed E-state index contributed by atoms with van der Waals surface area (Å²) in [7, 11) is 6.22. The van der Waals surface area contributed by atoms with Crippen LogP contribution in [0.2, 0.25) is 0 Å². The van der Waals surface area contributed by atoms with Crippen LogP contribution in [-0.2, 0) is 22.4 Å². The van der Waals surface area contributed by atoms with E-state index in [0.29, 0.717) is 33.3 Å². The number of rotatable bonds is 12. The minimum atomic E-state index is -0.214. The van der Waals surface area contributed by atoms with Gasteiger partial charge in [0.15, 0.2) is 23.0 Å². The van der Waals surface area contributed by atoms with Crippen molar-refractivity contribution in [1.29, 1.82) is 0 Å². The summed E-state index contributed by atoms with van der Waals surface area (Å²) < 4.78 is 21.5. The SMILES string of the molecule is COc1cccc(CC(=O)Nc2nnc([C@H]3CCC[C@H](c4nnc(NC(=O)Cc5cccc(OC)c5OC)s4)C3)s2)c1OC. The van der Waals surface area contributed by atoms with E-state index < -0.39 is 0 Å². The quantitative estimate of drug-likeness (QED) is 0.212. The lowest BCUT2D eigenvalue weighted by Crippen LogP contribution is -2.15. The first-order valence-corrected chi connectivity index (χ1v) is 15.7. The van der Waals surface area contributed by atoms with E-state index in [1.165, 1.54) is 22.7 Å². The maximum absolute atomic E-state index is 12.8. The summed E-state index contributed by atoms with van der Waals surface area (Å²) in [5.41, 5.74) is 1.44. The van der Waals surface area contributed by atoms with Crippen LogP contribution in [-0.4, -0.2) is 60.6 Å². The maximum Gasteiger partial charge on any atom is 0.230 e. The van der Waals surface area contributed by atoms with Gasteiger partial charge in [0.05, 0.1) is 41.3 Å². The third-order valence-corrected chi connectivity index (χ3v) is 9.42. The van der Waals surface area contributed by atoms with Gasteiger partial charge < -0.3 is 29.6 Å². The van der Waals surface area contributed by atoms with Crippen molar-refractivity contribution >= 4 is 44.8 Å². The number of amides is 2. The van der Waals surface area contributed by atoms with Crippen molar-refractivity contribution < 1.29 is 28.5 Å². The van der Waals surface area contributed by atoms with Crippen molar-refractivity contribution in [3.8, 4) is 23.0 Å². The third-order valence-electron chi connectivity index (χ3n) is 7.42. The zero-order valence-corrected chi connectivity index (χ0v) is 26.5. The van der Waals surface area contributed by atoms with Crippen molar-refractivity contribution in [3.63, 3.8) is 0 Å². The average Bonchev–Trinajstić information content (AvgIpc) is 3.70. The number of hydrogen-bond acceptors (Lipinski definition) is 12. The zero-order chi connectivity index (χ0) is 31.1. The smallest absolute Gasteiger partial charge is 0.230 e. The Kier molecular flexibility index (Phi) is 10.2. The van der Waals surface area contributed by atoms with Crippen LogP contribution in [0, 0.1) is 0 Å². The van der Waals surface area contributed by atoms with Crippen LogP contribution in [0.5, 0.6) is 23.0 Å². The molecule has 4 aromatic rings. The fourth-order valence-corrected chi connectivity index (χ4v) is 7.21. The van der Waals surface area contributed by atoms with Crippen LogP contribution >= 0.6 is 22.7 Å². The van der Waals surface area contributed by atoms with Crippen molar-refractivity contribution in [2.24, 2.45) is 0 Å². The highest BCUT2D eigenvalue weighted by atomic mass is 32.1. The molecule has 1 fully saturated rings. The number of para-hydroxylation sites is 2. The number of aromatic nitrogens is 4. The van der Waals surface area contributed by atoms with E-state index in [0.717, 1.165) is 46.8 Å². The lowest BCUT2D eigenvalue weighted by atomic mass is 9.82. The number of ether oxygens (including phenoxy) is 4. The number of carbonyl (C=O) groups excluding carboxylic acids is 2. The maximum atomic E-state index is 12.8. The minimum absolute atomic E-state index is 0.115. The average molecular weight is 639 g/mol. The normalized spacial score (nSPS) is 16.2.